The molecule has 29 heavy (non-hydrogen) atoms. The van der Waals surface area contributed by atoms with E-state index in [1.807, 2.05) is 0 Å². The van der Waals surface area contributed by atoms with Gasteiger partial charge in [0.2, 0.25) is 0 Å². The second-order valence-corrected chi connectivity index (χ2v) is 8.47. The van der Waals surface area contributed by atoms with Crippen molar-refractivity contribution in [2.24, 2.45) is 0 Å². The van der Waals surface area contributed by atoms with Crippen molar-refractivity contribution < 1.29 is 52.4 Å². The summed E-state index contributed by atoms with van der Waals surface area (Å²) >= 11 is 0. The average Bonchev–Trinajstić information content (AvgIpc) is 2.64. The minimum absolute atomic E-state index is 0. The number of benzene rings is 2. The summed E-state index contributed by atoms with van der Waals surface area (Å²) in [6.45, 7) is 2.20. The van der Waals surface area contributed by atoms with Crippen LogP contribution in [0.15, 0.2) is 47.4 Å². The van der Waals surface area contributed by atoms with Crippen LogP contribution in [-0.4, -0.2) is 13.0 Å². The molecule has 0 aromatic heterocycles. The summed E-state index contributed by atoms with van der Waals surface area (Å²) in [5.41, 5.74) is 0.706. The molecule has 0 amide bonds. The fourth-order valence-electron chi connectivity index (χ4n) is 3.13. The second-order valence-electron chi connectivity index (χ2n) is 7.05. The van der Waals surface area contributed by atoms with E-state index in [-0.39, 0.29) is 40.2 Å². The van der Waals surface area contributed by atoms with E-state index in [9.17, 15) is 18.1 Å². The first-order valence-corrected chi connectivity index (χ1v) is 11.4. The topological polar surface area (TPSA) is 86.7 Å². The van der Waals surface area contributed by atoms with Crippen molar-refractivity contribution in [3.8, 4) is 17.2 Å². The molecule has 0 aliphatic carbocycles. The van der Waals surface area contributed by atoms with Gasteiger partial charge in [-0.3, -0.25) is 4.55 Å². The predicted octanol–water partition coefficient (Wildman–Crippen LogP) is 2.49. The average molecular weight is 429 g/mol. The van der Waals surface area contributed by atoms with Crippen molar-refractivity contribution in [2.45, 2.75) is 69.6 Å². The standard InChI is InChI=1S/C22H30O5S.Na/c1-2-3-4-5-6-7-8-9-11-18-16-21(28(24,25)26)14-15-22(18)27-20-13-10-12-19(23)17-20;/h10,12-17,23H,2-9,11H2,1H3,(H,24,25,26);/q;+1/p-1. The molecule has 2 aromatic rings. The Balaban J connectivity index is 0.00000420. The van der Waals surface area contributed by atoms with Gasteiger partial charge in [-0.1, -0.05) is 64.0 Å². The van der Waals surface area contributed by atoms with E-state index in [1.54, 1.807) is 12.1 Å². The Kier molecular flexibility index (Phi) is 11.9. The van der Waals surface area contributed by atoms with E-state index < -0.39 is 10.1 Å². The minimum atomic E-state index is -4.28. The van der Waals surface area contributed by atoms with Crippen LogP contribution in [0.25, 0.3) is 0 Å². The van der Waals surface area contributed by atoms with Crippen LogP contribution in [0, 0.1) is 0 Å². The van der Waals surface area contributed by atoms with Gasteiger partial charge in [0, 0.05) is 0 Å². The molecule has 0 aliphatic heterocycles. The molecule has 7 heteroatoms. The van der Waals surface area contributed by atoms with Crippen molar-refractivity contribution >= 4 is 10.1 Å². The molecule has 0 saturated heterocycles. The van der Waals surface area contributed by atoms with E-state index >= 15 is 0 Å². The number of hydrogen-bond acceptors (Lipinski definition) is 4. The number of aryl methyl sites for hydroxylation is 1. The second kappa shape index (κ2) is 13.3. The molecule has 5 nitrogen and oxygen atoms in total. The molecule has 0 bridgehead atoms. The third-order valence-corrected chi connectivity index (χ3v) is 5.51. The van der Waals surface area contributed by atoms with Crippen molar-refractivity contribution in [3.63, 3.8) is 0 Å². The Hall–Kier alpha value is -1.05. The predicted molar refractivity (Wildman–Crippen MR) is 109 cm³/mol. The van der Waals surface area contributed by atoms with Crippen LogP contribution in [0.2, 0.25) is 0 Å². The first kappa shape index (κ1) is 26.0. The van der Waals surface area contributed by atoms with Gasteiger partial charge in [-0.05, 0) is 48.7 Å². The number of unbranched alkanes of at least 4 members (excludes halogenated alkanes) is 7. The molecule has 0 heterocycles. The van der Waals surface area contributed by atoms with E-state index in [2.05, 4.69) is 6.92 Å². The van der Waals surface area contributed by atoms with Crippen LogP contribution in [0.1, 0.15) is 63.9 Å². The quantitative estimate of drug-likeness (QED) is 0.319. The normalized spacial score (nSPS) is 11.1. The van der Waals surface area contributed by atoms with Crippen LogP contribution in [-0.2, 0) is 16.5 Å². The van der Waals surface area contributed by atoms with E-state index in [0.717, 1.165) is 19.3 Å². The van der Waals surface area contributed by atoms with E-state index in [4.69, 9.17) is 4.74 Å². The van der Waals surface area contributed by atoms with Crippen LogP contribution in [0.4, 0.5) is 0 Å². The summed E-state index contributed by atoms with van der Waals surface area (Å²) in [4.78, 5) is -0.146. The van der Waals surface area contributed by atoms with Gasteiger partial charge < -0.3 is 9.84 Å². The summed E-state index contributed by atoms with van der Waals surface area (Å²) < 4.78 is 38.1. The molecule has 154 valence electrons. The van der Waals surface area contributed by atoms with Gasteiger partial charge in [0.05, 0.1) is 4.90 Å². The van der Waals surface area contributed by atoms with E-state index in [1.165, 1.54) is 62.4 Å². The molecule has 2 rings (SSSR count). The summed E-state index contributed by atoms with van der Waals surface area (Å²) in [6, 6.07) is 10.4. The van der Waals surface area contributed by atoms with Crippen LogP contribution in [0.5, 0.6) is 17.2 Å². The third-order valence-electron chi connectivity index (χ3n) is 4.66. The zero-order valence-electron chi connectivity index (χ0n) is 17.4. The maximum atomic E-state index is 11.5. The Bertz CT molecular complexity index is 852. The molecule has 0 fully saturated rings. The Labute approximate surface area is 196 Å². The molecule has 0 atom stereocenters. The van der Waals surface area contributed by atoms with Gasteiger partial charge in [0.1, 0.15) is 11.5 Å². The monoisotopic (exact) mass is 428 g/mol. The summed E-state index contributed by atoms with van der Waals surface area (Å²) in [5.74, 6) is 0.752. The molecule has 0 spiro atoms. The number of rotatable bonds is 12. The van der Waals surface area contributed by atoms with Gasteiger partial charge in [0.15, 0.2) is 0 Å². The Morgan fingerprint density at radius 2 is 1.59 bits per heavy atom. The van der Waals surface area contributed by atoms with Gasteiger partial charge in [0.25, 0.3) is 10.1 Å². The molecule has 2 aromatic carbocycles. The Morgan fingerprint density at radius 3 is 2.21 bits per heavy atom. The first-order valence-electron chi connectivity index (χ1n) is 9.95. The molecule has 0 saturated carbocycles. The van der Waals surface area contributed by atoms with Gasteiger partial charge in [-0.2, -0.15) is 8.42 Å². The molecule has 0 unspecified atom stereocenters. The van der Waals surface area contributed by atoms with Crippen molar-refractivity contribution in [3.05, 3.63) is 48.0 Å². The number of ether oxygens (including phenoxy) is 1. The molecule has 1 N–H and O–H groups in total. The zero-order valence-corrected chi connectivity index (χ0v) is 20.2. The summed E-state index contributed by atoms with van der Waals surface area (Å²) in [6.07, 6.45) is 10.0. The van der Waals surface area contributed by atoms with Gasteiger partial charge in [-0.15, -0.1) is 5.75 Å². The molecular formula is C22H29NaO5S. The van der Waals surface area contributed by atoms with Crippen molar-refractivity contribution in [2.75, 3.05) is 0 Å². The first-order chi connectivity index (χ1) is 13.4. The number of hydrogen-bond donors (Lipinski definition) is 1. The SMILES string of the molecule is CCCCCCCCCCc1cc(S(=O)(=O)O)ccc1Oc1cccc([O-])c1.[Na+]. The summed E-state index contributed by atoms with van der Waals surface area (Å²) in [7, 11) is -4.28. The van der Waals surface area contributed by atoms with Gasteiger partial charge in [-0.25, -0.2) is 0 Å². The third kappa shape index (κ3) is 9.53. The molecular weight excluding hydrogens is 399 g/mol. The van der Waals surface area contributed by atoms with Gasteiger partial charge >= 0.3 is 29.6 Å². The fourth-order valence-corrected chi connectivity index (χ4v) is 3.66. The smallest absolute Gasteiger partial charge is 0.872 e. The van der Waals surface area contributed by atoms with Crippen LogP contribution in [0.3, 0.4) is 0 Å². The largest absolute Gasteiger partial charge is 1.00 e. The maximum absolute atomic E-state index is 11.5. The minimum Gasteiger partial charge on any atom is -0.872 e. The summed E-state index contributed by atoms with van der Waals surface area (Å²) in [5, 5.41) is 11.5. The zero-order chi connectivity index (χ0) is 20.4. The molecule has 0 aliphatic rings. The van der Waals surface area contributed by atoms with Crippen LogP contribution >= 0.6 is 0 Å². The Morgan fingerprint density at radius 1 is 0.931 bits per heavy atom. The van der Waals surface area contributed by atoms with E-state index in [0.29, 0.717) is 23.5 Å². The fraction of sp³-hybridized carbons (Fsp3) is 0.455. The van der Waals surface area contributed by atoms with Crippen LogP contribution < -0.4 is 39.4 Å². The van der Waals surface area contributed by atoms with Crippen molar-refractivity contribution in [1.82, 2.24) is 0 Å². The van der Waals surface area contributed by atoms with Crippen molar-refractivity contribution in [1.29, 1.82) is 0 Å². The maximum Gasteiger partial charge on any atom is 1.00 e. The molecule has 0 radical (unpaired) electrons.